The van der Waals surface area contributed by atoms with Crippen LogP contribution in [0.25, 0.3) is 22.6 Å². The predicted molar refractivity (Wildman–Crippen MR) is 90.8 cm³/mol. The minimum absolute atomic E-state index is 0.158. The molecule has 0 bridgehead atoms. The molecule has 0 saturated heterocycles. The topological polar surface area (TPSA) is 26.0 Å². The Bertz CT molecular complexity index is 776. The van der Waals surface area contributed by atoms with Crippen molar-refractivity contribution in [1.82, 2.24) is 4.98 Å². The van der Waals surface area contributed by atoms with Crippen LogP contribution in [0.3, 0.4) is 0 Å². The zero-order valence-electron chi connectivity index (χ0n) is 13.6. The Labute approximate surface area is 131 Å². The summed E-state index contributed by atoms with van der Waals surface area (Å²) in [5, 5.41) is 0. The molecule has 0 fully saturated rings. The maximum absolute atomic E-state index is 5.57. The highest BCUT2D eigenvalue weighted by molar-refractivity contribution is 5.68. The molecule has 0 saturated carbocycles. The quantitative estimate of drug-likeness (QED) is 0.613. The number of aromatic nitrogens is 1. The fourth-order valence-electron chi connectivity index (χ4n) is 2.46. The zero-order chi connectivity index (χ0) is 15.7. The number of oxazole rings is 1. The van der Waals surface area contributed by atoms with Gasteiger partial charge in [-0.2, -0.15) is 0 Å². The first kappa shape index (κ1) is 14.6. The number of hydrogen-bond donors (Lipinski definition) is 0. The Kier molecular flexibility index (Phi) is 3.61. The normalized spacial score (nSPS) is 11.6. The van der Waals surface area contributed by atoms with Crippen LogP contribution in [0.5, 0.6) is 0 Å². The molecule has 0 N–H and O–H groups in total. The molecule has 2 nitrogen and oxygen atoms in total. The molecule has 0 radical (unpaired) electrons. The van der Waals surface area contributed by atoms with Crippen molar-refractivity contribution in [3.8, 4) is 22.6 Å². The Morgan fingerprint density at radius 3 is 2.14 bits per heavy atom. The average Bonchev–Trinajstić information content (AvgIpc) is 2.93. The Hall–Kier alpha value is -2.35. The lowest BCUT2D eigenvalue weighted by Gasteiger charge is -2.19. The summed E-state index contributed by atoms with van der Waals surface area (Å²) < 4.78 is 5.57. The molecule has 3 rings (SSSR count). The Balaban J connectivity index is 1.93. The third-order valence-corrected chi connectivity index (χ3v) is 3.82. The molecule has 0 spiro atoms. The lowest BCUT2D eigenvalue weighted by atomic mass is 9.85. The second-order valence-electron chi connectivity index (χ2n) is 6.68. The van der Waals surface area contributed by atoms with Gasteiger partial charge in [-0.05, 0) is 41.2 Å². The van der Waals surface area contributed by atoms with E-state index in [-0.39, 0.29) is 5.41 Å². The van der Waals surface area contributed by atoms with E-state index >= 15 is 0 Å². The van der Waals surface area contributed by atoms with Crippen molar-refractivity contribution >= 4 is 0 Å². The highest BCUT2D eigenvalue weighted by atomic mass is 16.4. The summed E-state index contributed by atoms with van der Waals surface area (Å²) >= 11 is 0. The summed E-state index contributed by atoms with van der Waals surface area (Å²) in [7, 11) is 0. The van der Waals surface area contributed by atoms with Crippen LogP contribution >= 0.6 is 0 Å². The molecular weight excluding hydrogens is 270 g/mol. The molecule has 1 aromatic heterocycles. The zero-order valence-corrected chi connectivity index (χ0v) is 13.6. The maximum atomic E-state index is 5.57. The van der Waals surface area contributed by atoms with Gasteiger partial charge in [-0.1, -0.05) is 57.2 Å². The van der Waals surface area contributed by atoms with E-state index in [9.17, 15) is 0 Å². The van der Waals surface area contributed by atoms with E-state index in [1.807, 2.05) is 6.92 Å². The average molecular weight is 291 g/mol. The molecule has 112 valence electrons. The molecule has 3 aromatic rings. The van der Waals surface area contributed by atoms with Gasteiger partial charge in [-0.25, -0.2) is 4.98 Å². The van der Waals surface area contributed by atoms with Crippen LogP contribution in [-0.2, 0) is 5.41 Å². The van der Waals surface area contributed by atoms with Crippen molar-refractivity contribution in [2.75, 3.05) is 0 Å². The van der Waals surface area contributed by atoms with Crippen molar-refractivity contribution in [3.05, 3.63) is 66.1 Å². The van der Waals surface area contributed by atoms with E-state index in [4.69, 9.17) is 4.42 Å². The number of aryl methyl sites for hydroxylation is 1. The molecule has 0 aliphatic carbocycles. The van der Waals surface area contributed by atoms with Gasteiger partial charge in [0.1, 0.15) is 5.76 Å². The fraction of sp³-hybridized carbons (Fsp3) is 0.250. The number of hydrogen-bond acceptors (Lipinski definition) is 2. The summed E-state index contributed by atoms with van der Waals surface area (Å²) in [6, 6.07) is 17.1. The smallest absolute Gasteiger partial charge is 0.226 e. The molecule has 2 heteroatoms. The lowest BCUT2D eigenvalue weighted by molar-refractivity contribution is 0.542. The summed E-state index contributed by atoms with van der Waals surface area (Å²) in [5.41, 5.74) is 4.95. The Morgan fingerprint density at radius 1 is 0.864 bits per heavy atom. The van der Waals surface area contributed by atoms with Gasteiger partial charge in [0.05, 0.1) is 6.20 Å². The van der Waals surface area contributed by atoms with Gasteiger partial charge in [0, 0.05) is 5.56 Å². The van der Waals surface area contributed by atoms with E-state index in [1.54, 1.807) is 6.20 Å². The molecule has 22 heavy (non-hydrogen) atoms. The second-order valence-corrected chi connectivity index (χ2v) is 6.68. The standard InChI is InChI=1S/C20H21NO/c1-14-13-21-19(22-14)16-10-8-15(9-11-16)17-6-5-7-18(12-17)20(2,3)4/h5-13H,1-4H3. The summed E-state index contributed by atoms with van der Waals surface area (Å²) in [4.78, 5) is 4.27. The van der Waals surface area contributed by atoms with Crippen LogP contribution in [0.4, 0.5) is 0 Å². The third kappa shape index (κ3) is 2.96. The minimum Gasteiger partial charge on any atom is -0.441 e. The van der Waals surface area contributed by atoms with Crippen LogP contribution in [0.15, 0.2) is 59.1 Å². The predicted octanol–water partition coefficient (Wildman–Crippen LogP) is 5.61. The number of rotatable bonds is 2. The molecule has 0 atom stereocenters. The van der Waals surface area contributed by atoms with E-state index in [2.05, 4.69) is 74.3 Å². The highest BCUT2D eigenvalue weighted by Crippen LogP contribution is 2.29. The number of benzene rings is 2. The molecule has 0 amide bonds. The van der Waals surface area contributed by atoms with Crippen molar-refractivity contribution in [3.63, 3.8) is 0 Å². The summed E-state index contributed by atoms with van der Waals surface area (Å²) in [6.07, 6.45) is 1.75. The first-order valence-corrected chi connectivity index (χ1v) is 7.57. The maximum Gasteiger partial charge on any atom is 0.226 e. The van der Waals surface area contributed by atoms with Gasteiger partial charge in [-0.3, -0.25) is 0 Å². The van der Waals surface area contributed by atoms with E-state index in [1.165, 1.54) is 16.7 Å². The minimum atomic E-state index is 0.158. The lowest BCUT2D eigenvalue weighted by Crippen LogP contribution is -2.10. The second kappa shape index (κ2) is 5.45. The first-order valence-electron chi connectivity index (χ1n) is 7.57. The van der Waals surface area contributed by atoms with Crippen LogP contribution < -0.4 is 0 Å². The van der Waals surface area contributed by atoms with Crippen molar-refractivity contribution in [2.45, 2.75) is 33.1 Å². The molecular formula is C20H21NO. The number of nitrogens with zero attached hydrogens (tertiary/aromatic N) is 1. The largest absolute Gasteiger partial charge is 0.441 e. The van der Waals surface area contributed by atoms with Gasteiger partial charge < -0.3 is 4.42 Å². The van der Waals surface area contributed by atoms with Crippen LogP contribution in [-0.4, -0.2) is 4.98 Å². The Morgan fingerprint density at radius 2 is 1.55 bits per heavy atom. The fourth-order valence-corrected chi connectivity index (χ4v) is 2.46. The first-order chi connectivity index (χ1) is 10.4. The van der Waals surface area contributed by atoms with Gasteiger partial charge >= 0.3 is 0 Å². The van der Waals surface area contributed by atoms with Crippen LogP contribution in [0.2, 0.25) is 0 Å². The molecule has 0 unspecified atom stereocenters. The van der Waals surface area contributed by atoms with Crippen LogP contribution in [0.1, 0.15) is 32.1 Å². The van der Waals surface area contributed by atoms with E-state index < -0.39 is 0 Å². The van der Waals surface area contributed by atoms with Gasteiger partial charge in [0.25, 0.3) is 0 Å². The van der Waals surface area contributed by atoms with Gasteiger partial charge in [-0.15, -0.1) is 0 Å². The summed E-state index contributed by atoms with van der Waals surface area (Å²) in [5.74, 6) is 1.50. The molecule has 0 aliphatic rings. The van der Waals surface area contributed by atoms with Crippen LogP contribution in [0, 0.1) is 6.92 Å². The van der Waals surface area contributed by atoms with Crippen molar-refractivity contribution in [2.24, 2.45) is 0 Å². The monoisotopic (exact) mass is 291 g/mol. The van der Waals surface area contributed by atoms with Gasteiger partial charge in [0.2, 0.25) is 5.89 Å². The SMILES string of the molecule is Cc1cnc(-c2ccc(-c3cccc(C(C)(C)C)c3)cc2)o1. The van der Waals surface area contributed by atoms with Crippen molar-refractivity contribution in [1.29, 1.82) is 0 Å². The van der Waals surface area contributed by atoms with Gasteiger partial charge in [0.15, 0.2) is 0 Å². The summed E-state index contributed by atoms with van der Waals surface area (Å²) in [6.45, 7) is 8.61. The van der Waals surface area contributed by atoms with Crippen molar-refractivity contribution < 1.29 is 4.42 Å². The van der Waals surface area contributed by atoms with E-state index in [0.29, 0.717) is 5.89 Å². The molecule has 2 aromatic carbocycles. The molecule has 0 aliphatic heterocycles. The van der Waals surface area contributed by atoms with E-state index in [0.717, 1.165) is 11.3 Å². The molecule has 1 heterocycles. The highest BCUT2D eigenvalue weighted by Gasteiger charge is 2.14. The third-order valence-electron chi connectivity index (χ3n) is 3.82.